The van der Waals surface area contributed by atoms with Crippen LogP contribution < -0.4 is 11.5 Å². The summed E-state index contributed by atoms with van der Waals surface area (Å²) < 4.78 is 0. The number of primary amides is 1. The second-order valence-corrected chi connectivity index (χ2v) is 5.15. The molecule has 100 valence electrons. The van der Waals surface area contributed by atoms with E-state index in [1.54, 1.807) is 0 Å². The van der Waals surface area contributed by atoms with Gasteiger partial charge in [-0.25, -0.2) is 4.98 Å². The Labute approximate surface area is 118 Å². The summed E-state index contributed by atoms with van der Waals surface area (Å²) in [7, 11) is 0. The highest BCUT2D eigenvalue weighted by Crippen LogP contribution is 2.36. The zero-order chi connectivity index (χ0) is 14.0. The minimum Gasteiger partial charge on any atom is -0.398 e. The van der Waals surface area contributed by atoms with Crippen molar-refractivity contribution < 1.29 is 4.79 Å². The van der Waals surface area contributed by atoms with E-state index in [-0.39, 0.29) is 5.56 Å². The first-order valence-corrected chi connectivity index (χ1v) is 6.68. The Hall–Kier alpha value is -1.73. The lowest BCUT2D eigenvalue weighted by molar-refractivity contribution is 0.100. The normalized spacial score (nSPS) is 10.6. The fourth-order valence-corrected chi connectivity index (χ4v) is 2.54. The molecule has 0 fully saturated rings. The molecule has 0 radical (unpaired) electrons. The average molecular weight is 298 g/mol. The number of H-pyrrole nitrogens is 1. The molecule has 0 bridgehead atoms. The molecule has 5 N–H and O–H groups in total. The van der Waals surface area contributed by atoms with Crippen molar-refractivity contribution in [2.45, 2.75) is 23.4 Å². The number of rotatable bonds is 4. The van der Waals surface area contributed by atoms with E-state index in [1.807, 2.05) is 6.92 Å². The van der Waals surface area contributed by atoms with Crippen molar-refractivity contribution in [2.24, 2.45) is 5.73 Å². The number of aromatic amines is 1. The number of nitrogens with two attached hydrogens (primary N) is 2. The van der Waals surface area contributed by atoms with Crippen LogP contribution in [0.5, 0.6) is 0 Å². The number of aryl methyl sites for hydroxylation is 1. The Balaban J connectivity index is 2.32. The lowest BCUT2D eigenvalue weighted by Crippen LogP contribution is -2.11. The Morgan fingerprint density at radius 2 is 2.26 bits per heavy atom. The van der Waals surface area contributed by atoms with Crippen LogP contribution in [-0.4, -0.2) is 21.1 Å². The van der Waals surface area contributed by atoms with Crippen LogP contribution in [0.4, 0.5) is 5.69 Å². The lowest BCUT2D eigenvalue weighted by atomic mass is 10.2. The molecule has 0 saturated carbocycles. The van der Waals surface area contributed by atoms with E-state index in [0.717, 1.165) is 12.2 Å². The van der Waals surface area contributed by atoms with Crippen LogP contribution in [-0.2, 0) is 6.42 Å². The molecule has 6 nitrogen and oxygen atoms in total. The second kappa shape index (κ2) is 5.50. The summed E-state index contributed by atoms with van der Waals surface area (Å²) in [5.41, 5.74) is 11.7. The third-order valence-electron chi connectivity index (χ3n) is 2.40. The molecule has 8 heteroatoms. The summed E-state index contributed by atoms with van der Waals surface area (Å²) in [5, 5.41) is 7.72. The van der Waals surface area contributed by atoms with Gasteiger partial charge >= 0.3 is 0 Å². The monoisotopic (exact) mass is 297 g/mol. The van der Waals surface area contributed by atoms with E-state index in [2.05, 4.69) is 15.2 Å². The summed E-state index contributed by atoms with van der Waals surface area (Å²) in [5.74, 6) is 0.210. The molecule has 1 aromatic heterocycles. The fourth-order valence-electron chi connectivity index (χ4n) is 1.44. The van der Waals surface area contributed by atoms with Crippen LogP contribution >= 0.6 is 23.4 Å². The van der Waals surface area contributed by atoms with Crippen LogP contribution in [0.1, 0.15) is 23.1 Å². The van der Waals surface area contributed by atoms with Crippen molar-refractivity contribution in [2.75, 3.05) is 5.73 Å². The van der Waals surface area contributed by atoms with Crippen LogP contribution in [0.25, 0.3) is 0 Å². The lowest BCUT2D eigenvalue weighted by Gasteiger charge is -2.07. The highest BCUT2D eigenvalue weighted by Gasteiger charge is 2.14. The predicted molar refractivity (Wildman–Crippen MR) is 74.3 cm³/mol. The highest BCUT2D eigenvalue weighted by molar-refractivity contribution is 7.99. The van der Waals surface area contributed by atoms with Gasteiger partial charge in [-0.1, -0.05) is 18.5 Å². The first kappa shape index (κ1) is 13.7. The summed E-state index contributed by atoms with van der Waals surface area (Å²) >= 11 is 7.33. The van der Waals surface area contributed by atoms with Gasteiger partial charge in [0.1, 0.15) is 5.82 Å². The molecule has 2 rings (SSSR count). The number of hydrogen-bond donors (Lipinski definition) is 3. The number of hydrogen-bond acceptors (Lipinski definition) is 5. The third-order valence-corrected chi connectivity index (χ3v) is 3.83. The van der Waals surface area contributed by atoms with Gasteiger partial charge in [0.15, 0.2) is 0 Å². The van der Waals surface area contributed by atoms with E-state index in [0.29, 0.717) is 20.8 Å². The number of nitrogen functional groups attached to an aromatic ring is 1. The predicted octanol–water partition coefficient (Wildman–Crippen LogP) is 1.85. The number of amides is 1. The molecule has 1 heterocycles. The van der Waals surface area contributed by atoms with Crippen LogP contribution in [0, 0.1) is 0 Å². The molecule has 0 saturated heterocycles. The molecule has 19 heavy (non-hydrogen) atoms. The van der Waals surface area contributed by atoms with Crippen molar-refractivity contribution in [1.82, 2.24) is 15.2 Å². The van der Waals surface area contributed by atoms with E-state index < -0.39 is 5.91 Å². The number of benzene rings is 1. The molecule has 1 aromatic carbocycles. The second-order valence-electron chi connectivity index (χ2n) is 3.76. The average Bonchev–Trinajstić information content (AvgIpc) is 2.81. The standard InChI is InChI=1S/C11H12ClN5OS/c1-2-8-15-11(17-16-8)19-9-6(12)3-5(10(14)18)4-7(9)13/h3-4H,2,13H2,1H3,(H2,14,18)(H,15,16,17). The first-order valence-electron chi connectivity index (χ1n) is 5.49. The van der Waals surface area contributed by atoms with Crippen molar-refractivity contribution in [3.05, 3.63) is 28.5 Å². The molecular formula is C11H12ClN5OS. The van der Waals surface area contributed by atoms with Gasteiger partial charge in [-0.3, -0.25) is 9.89 Å². The number of carbonyl (C=O) groups excluding carboxylic acids is 1. The van der Waals surface area contributed by atoms with Gasteiger partial charge in [-0.05, 0) is 23.9 Å². The van der Waals surface area contributed by atoms with E-state index >= 15 is 0 Å². The number of halogens is 1. The molecule has 0 spiro atoms. The Morgan fingerprint density at radius 3 is 2.79 bits per heavy atom. The third kappa shape index (κ3) is 2.99. The maximum Gasteiger partial charge on any atom is 0.248 e. The van der Waals surface area contributed by atoms with Crippen LogP contribution in [0.3, 0.4) is 0 Å². The van der Waals surface area contributed by atoms with Gasteiger partial charge in [-0.15, -0.1) is 5.10 Å². The Bertz CT molecular complexity index is 604. The minimum absolute atomic E-state index is 0.274. The number of carbonyl (C=O) groups is 1. The zero-order valence-electron chi connectivity index (χ0n) is 10.1. The van der Waals surface area contributed by atoms with Crippen molar-refractivity contribution >= 4 is 35.0 Å². The number of anilines is 1. The maximum absolute atomic E-state index is 11.1. The van der Waals surface area contributed by atoms with Gasteiger partial charge in [0.05, 0.1) is 9.92 Å². The largest absolute Gasteiger partial charge is 0.398 e. The molecule has 1 amide bonds. The summed E-state index contributed by atoms with van der Waals surface area (Å²) in [6, 6.07) is 2.97. The van der Waals surface area contributed by atoms with Crippen molar-refractivity contribution in [3.63, 3.8) is 0 Å². The smallest absolute Gasteiger partial charge is 0.248 e. The molecule has 0 atom stereocenters. The SMILES string of the molecule is CCc1nc(Sc2c(N)cc(C(N)=O)cc2Cl)n[nH]1. The van der Waals surface area contributed by atoms with Crippen LogP contribution in [0.15, 0.2) is 22.2 Å². The summed E-state index contributed by atoms with van der Waals surface area (Å²) in [6.45, 7) is 1.97. The van der Waals surface area contributed by atoms with Gasteiger partial charge in [0.25, 0.3) is 0 Å². The topological polar surface area (TPSA) is 111 Å². The number of aromatic nitrogens is 3. The van der Waals surface area contributed by atoms with Gasteiger partial charge in [0.2, 0.25) is 11.1 Å². The van der Waals surface area contributed by atoms with Crippen LogP contribution in [0.2, 0.25) is 5.02 Å². The highest BCUT2D eigenvalue weighted by atomic mass is 35.5. The summed E-state index contributed by atoms with van der Waals surface area (Å²) in [4.78, 5) is 15.9. The van der Waals surface area contributed by atoms with E-state index in [4.69, 9.17) is 23.1 Å². The quantitative estimate of drug-likeness (QED) is 0.746. The minimum atomic E-state index is -0.573. The fraction of sp³-hybridized carbons (Fsp3) is 0.182. The van der Waals surface area contributed by atoms with Crippen molar-refractivity contribution in [3.8, 4) is 0 Å². The Kier molecular flexibility index (Phi) is 3.96. The molecule has 0 aliphatic heterocycles. The molecule has 2 aromatic rings. The Morgan fingerprint density at radius 1 is 1.53 bits per heavy atom. The first-order chi connectivity index (χ1) is 9.01. The van der Waals surface area contributed by atoms with Gasteiger partial charge in [-0.2, -0.15) is 0 Å². The zero-order valence-corrected chi connectivity index (χ0v) is 11.7. The van der Waals surface area contributed by atoms with E-state index in [1.165, 1.54) is 23.9 Å². The van der Waals surface area contributed by atoms with E-state index in [9.17, 15) is 4.79 Å². The van der Waals surface area contributed by atoms with Crippen molar-refractivity contribution in [1.29, 1.82) is 0 Å². The molecule has 0 aliphatic rings. The molecular weight excluding hydrogens is 286 g/mol. The molecule has 0 unspecified atom stereocenters. The van der Waals surface area contributed by atoms with Gasteiger partial charge in [0, 0.05) is 17.7 Å². The van der Waals surface area contributed by atoms with Gasteiger partial charge < -0.3 is 11.5 Å². The maximum atomic E-state index is 11.1. The summed E-state index contributed by atoms with van der Waals surface area (Å²) in [6.07, 6.45) is 0.761. The number of nitrogens with zero attached hydrogens (tertiary/aromatic N) is 2. The number of nitrogens with one attached hydrogen (secondary N) is 1. The molecule has 0 aliphatic carbocycles.